The highest BCUT2D eigenvalue weighted by molar-refractivity contribution is 5.78. The third-order valence-electron chi connectivity index (χ3n) is 4.24. The summed E-state index contributed by atoms with van der Waals surface area (Å²) in [5, 5.41) is 0. The Kier molecular flexibility index (Phi) is 4.28. The number of hydrogen-bond donors (Lipinski definition) is 0. The zero-order chi connectivity index (χ0) is 17.9. The summed E-state index contributed by atoms with van der Waals surface area (Å²) in [6, 6.07) is 26.8. The minimum absolute atomic E-state index is 0.0571. The van der Waals surface area contributed by atoms with Crippen LogP contribution in [0.1, 0.15) is 0 Å². The second kappa shape index (κ2) is 6.89. The first-order valence-electron chi connectivity index (χ1n) is 8.31. The Morgan fingerprint density at radius 2 is 0.808 bits per heavy atom. The smallest absolute Gasteiger partial charge is 0.160 e. The molecule has 0 aliphatic heterocycles. The highest BCUT2D eigenvalue weighted by Crippen LogP contribution is 2.36. The number of rotatable bonds is 3. The molecule has 3 heteroatoms. The Morgan fingerprint density at radius 1 is 0.462 bits per heavy atom. The van der Waals surface area contributed by atoms with E-state index in [2.05, 4.69) is 4.98 Å². The topological polar surface area (TPSA) is 12.9 Å². The average Bonchev–Trinajstić information content (AvgIpc) is 2.70. The first-order valence-corrected chi connectivity index (χ1v) is 8.31. The van der Waals surface area contributed by atoms with Gasteiger partial charge in [-0.25, -0.2) is 13.8 Å². The quantitative estimate of drug-likeness (QED) is 0.422. The van der Waals surface area contributed by atoms with Crippen molar-refractivity contribution in [1.82, 2.24) is 4.98 Å². The van der Waals surface area contributed by atoms with E-state index < -0.39 is 11.6 Å². The van der Waals surface area contributed by atoms with Crippen LogP contribution in [0.5, 0.6) is 0 Å². The summed E-state index contributed by atoms with van der Waals surface area (Å²) in [6.07, 6.45) is 0. The van der Waals surface area contributed by atoms with Crippen LogP contribution in [0.25, 0.3) is 33.6 Å². The van der Waals surface area contributed by atoms with Crippen LogP contribution in [0.4, 0.5) is 8.78 Å². The van der Waals surface area contributed by atoms with Gasteiger partial charge in [-0.3, -0.25) is 0 Å². The molecule has 0 unspecified atom stereocenters. The Labute approximate surface area is 150 Å². The molecule has 3 aromatic carbocycles. The molecule has 1 aromatic heterocycles. The van der Waals surface area contributed by atoms with Gasteiger partial charge in [-0.05, 0) is 5.56 Å². The predicted octanol–water partition coefficient (Wildman–Crippen LogP) is 6.36. The molecule has 0 radical (unpaired) electrons. The van der Waals surface area contributed by atoms with E-state index >= 15 is 8.78 Å². The van der Waals surface area contributed by atoms with Crippen LogP contribution in [0.3, 0.4) is 0 Å². The first-order chi connectivity index (χ1) is 12.8. The largest absolute Gasteiger partial charge is 0.242 e. The van der Waals surface area contributed by atoms with E-state index in [0.29, 0.717) is 16.7 Å². The molecule has 0 saturated carbocycles. The normalized spacial score (nSPS) is 10.7. The lowest BCUT2D eigenvalue weighted by atomic mass is 9.98. The molecule has 0 atom stereocenters. The van der Waals surface area contributed by atoms with Gasteiger partial charge in [0.15, 0.2) is 11.6 Å². The van der Waals surface area contributed by atoms with Crippen molar-refractivity contribution in [2.24, 2.45) is 0 Å². The summed E-state index contributed by atoms with van der Waals surface area (Å²) in [5.41, 5.74) is 1.94. The molecule has 26 heavy (non-hydrogen) atoms. The summed E-state index contributed by atoms with van der Waals surface area (Å²) >= 11 is 0. The highest BCUT2D eigenvalue weighted by Gasteiger charge is 2.23. The number of pyridine rings is 1. The molecule has 1 heterocycles. The van der Waals surface area contributed by atoms with Gasteiger partial charge in [0, 0.05) is 11.1 Å². The number of hydrogen-bond acceptors (Lipinski definition) is 1. The Balaban J connectivity index is 2.05. The molecular weight excluding hydrogens is 328 g/mol. The van der Waals surface area contributed by atoms with Crippen LogP contribution < -0.4 is 0 Å². The minimum atomic E-state index is -0.653. The van der Waals surface area contributed by atoms with E-state index in [9.17, 15) is 0 Å². The monoisotopic (exact) mass is 343 g/mol. The van der Waals surface area contributed by atoms with Crippen LogP contribution in [-0.2, 0) is 0 Å². The fourth-order valence-corrected chi connectivity index (χ4v) is 2.98. The van der Waals surface area contributed by atoms with E-state index in [1.165, 1.54) is 0 Å². The summed E-state index contributed by atoms with van der Waals surface area (Å²) < 4.78 is 30.6. The van der Waals surface area contributed by atoms with Crippen molar-refractivity contribution in [1.29, 1.82) is 0 Å². The van der Waals surface area contributed by atoms with Gasteiger partial charge in [0.2, 0.25) is 0 Å². The predicted molar refractivity (Wildman–Crippen MR) is 100 cm³/mol. The fourth-order valence-electron chi connectivity index (χ4n) is 2.98. The van der Waals surface area contributed by atoms with Crippen LogP contribution >= 0.6 is 0 Å². The van der Waals surface area contributed by atoms with E-state index in [1.807, 2.05) is 42.5 Å². The Hall–Kier alpha value is -3.33. The van der Waals surface area contributed by atoms with Gasteiger partial charge >= 0.3 is 0 Å². The van der Waals surface area contributed by atoms with Crippen molar-refractivity contribution in [3.63, 3.8) is 0 Å². The van der Waals surface area contributed by atoms with Crippen molar-refractivity contribution < 1.29 is 8.78 Å². The van der Waals surface area contributed by atoms with E-state index in [0.717, 1.165) is 0 Å². The van der Waals surface area contributed by atoms with Crippen LogP contribution in [0.15, 0.2) is 91.0 Å². The maximum absolute atomic E-state index is 15.3. The molecule has 0 N–H and O–H groups in total. The Bertz CT molecular complexity index is 966. The summed E-state index contributed by atoms with van der Waals surface area (Å²) in [5.74, 6) is -1.31. The van der Waals surface area contributed by atoms with Gasteiger partial charge in [0.25, 0.3) is 0 Å². The molecule has 4 rings (SSSR count). The van der Waals surface area contributed by atoms with E-state index in [4.69, 9.17) is 0 Å². The highest BCUT2D eigenvalue weighted by atomic mass is 19.1. The molecule has 1 nitrogen and oxygen atoms in total. The molecule has 0 aliphatic rings. The SMILES string of the molecule is Fc1c(-c2ccccc2)nc(-c2ccccc2)c(F)c1-c1ccccc1. The number of benzene rings is 3. The minimum Gasteiger partial charge on any atom is -0.242 e. The molecular formula is C23H15F2N. The van der Waals surface area contributed by atoms with Crippen LogP contribution in [0, 0.1) is 11.6 Å². The molecule has 0 bridgehead atoms. The standard InChI is InChI=1S/C23H15F2N/c24-20-19(16-10-4-1-5-11-16)21(25)23(18-14-8-3-9-15-18)26-22(20)17-12-6-2-7-13-17/h1-15H. The maximum Gasteiger partial charge on any atom is 0.160 e. The van der Waals surface area contributed by atoms with Gasteiger partial charge in [-0.15, -0.1) is 0 Å². The molecule has 0 amide bonds. The van der Waals surface area contributed by atoms with Crippen molar-refractivity contribution in [2.45, 2.75) is 0 Å². The van der Waals surface area contributed by atoms with Crippen molar-refractivity contribution >= 4 is 0 Å². The first kappa shape index (κ1) is 16.2. The van der Waals surface area contributed by atoms with Crippen molar-refractivity contribution in [2.75, 3.05) is 0 Å². The molecule has 0 spiro atoms. The second-order valence-corrected chi connectivity index (χ2v) is 5.91. The van der Waals surface area contributed by atoms with Crippen molar-refractivity contribution in [3.05, 3.63) is 103 Å². The molecule has 0 aliphatic carbocycles. The lowest BCUT2D eigenvalue weighted by molar-refractivity contribution is 0.585. The third kappa shape index (κ3) is 2.88. The van der Waals surface area contributed by atoms with E-state index in [-0.39, 0.29) is 17.0 Å². The van der Waals surface area contributed by atoms with Gasteiger partial charge in [-0.2, -0.15) is 0 Å². The maximum atomic E-state index is 15.3. The summed E-state index contributed by atoms with van der Waals surface area (Å²) in [6.45, 7) is 0. The Morgan fingerprint density at radius 3 is 1.19 bits per heavy atom. The summed E-state index contributed by atoms with van der Waals surface area (Å²) in [4.78, 5) is 4.35. The number of nitrogens with zero attached hydrogens (tertiary/aromatic N) is 1. The molecule has 0 saturated heterocycles. The van der Waals surface area contributed by atoms with Gasteiger partial charge < -0.3 is 0 Å². The zero-order valence-electron chi connectivity index (χ0n) is 13.9. The van der Waals surface area contributed by atoms with Crippen LogP contribution in [0.2, 0.25) is 0 Å². The fraction of sp³-hybridized carbons (Fsp3) is 0. The average molecular weight is 343 g/mol. The van der Waals surface area contributed by atoms with E-state index in [1.54, 1.807) is 48.5 Å². The summed E-state index contributed by atoms with van der Waals surface area (Å²) in [7, 11) is 0. The molecule has 126 valence electrons. The third-order valence-corrected chi connectivity index (χ3v) is 4.24. The number of aromatic nitrogens is 1. The molecule has 0 fully saturated rings. The molecule has 4 aromatic rings. The second-order valence-electron chi connectivity index (χ2n) is 5.91. The van der Waals surface area contributed by atoms with Gasteiger partial charge in [-0.1, -0.05) is 91.0 Å². The lowest BCUT2D eigenvalue weighted by Gasteiger charge is -2.14. The lowest BCUT2D eigenvalue weighted by Crippen LogP contribution is -2.02. The van der Waals surface area contributed by atoms with Gasteiger partial charge in [0.05, 0.1) is 5.56 Å². The number of halogens is 2. The van der Waals surface area contributed by atoms with Crippen molar-refractivity contribution in [3.8, 4) is 33.6 Å². The van der Waals surface area contributed by atoms with Crippen LogP contribution in [-0.4, -0.2) is 4.98 Å². The zero-order valence-corrected chi connectivity index (χ0v) is 13.9. The van der Waals surface area contributed by atoms with Gasteiger partial charge in [0.1, 0.15) is 11.4 Å².